The average molecular weight is 243 g/mol. The SMILES string of the molecule is CNCCc1noc(-c2cc3ccccc3o2)n1. The van der Waals surface area contributed by atoms with Gasteiger partial charge in [-0.2, -0.15) is 4.98 Å². The highest BCUT2D eigenvalue weighted by atomic mass is 16.5. The summed E-state index contributed by atoms with van der Waals surface area (Å²) in [7, 11) is 1.89. The minimum absolute atomic E-state index is 0.428. The second-order valence-electron chi connectivity index (χ2n) is 4.02. The Morgan fingerprint density at radius 2 is 2.17 bits per heavy atom. The molecular formula is C13H13N3O2. The number of likely N-dealkylation sites (N-methyl/N-ethyl adjacent to an activating group) is 1. The van der Waals surface area contributed by atoms with Crippen molar-refractivity contribution in [2.45, 2.75) is 6.42 Å². The highest BCUT2D eigenvalue weighted by Crippen LogP contribution is 2.26. The zero-order valence-corrected chi connectivity index (χ0v) is 10.0. The number of fused-ring (bicyclic) bond motifs is 1. The van der Waals surface area contributed by atoms with Crippen molar-refractivity contribution in [2.24, 2.45) is 0 Å². The molecule has 0 saturated carbocycles. The summed E-state index contributed by atoms with van der Waals surface area (Å²) in [6.07, 6.45) is 0.736. The van der Waals surface area contributed by atoms with E-state index in [9.17, 15) is 0 Å². The van der Waals surface area contributed by atoms with E-state index < -0.39 is 0 Å². The molecule has 0 aliphatic carbocycles. The number of rotatable bonds is 4. The largest absolute Gasteiger partial charge is 0.451 e. The van der Waals surface area contributed by atoms with Crippen LogP contribution in [0.2, 0.25) is 0 Å². The first-order chi connectivity index (χ1) is 8.86. The van der Waals surface area contributed by atoms with Gasteiger partial charge in [0.15, 0.2) is 11.6 Å². The summed E-state index contributed by atoms with van der Waals surface area (Å²) >= 11 is 0. The second kappa shape index (κ2) is 4.62. The lowest BCUT2D eigenvalue weighted by Crippen LogP contribution is -2.10. The lowest BCUT2D eigenvalue weighted by Gasteiger charge is -1.90. The third-order valence-corrected chi connectivity index (χ3v) is 2.70. The topological polar surface area (TPSA) is 64.1 Å². The van der Waals surface area contributed by atoms with Crippen LogP contribution >= 0.6 is 0 Å². The third kappa shape index (κ3) is 2.00. The summed E-state index contributed by atoms with van der Waals surface area (Å²) in [5.74, 6) is 1.72. The molecule has 3 aromatic rings. The fourth-order valence-electron chi connectivity index (χ4n) is 1.78. The zero-order valence-electron chi connectivity index (χ0n) is 10.0. The van der Waals surface area contributed by atoms with Crippen LogP contribution in [0.25, 0.3) is 22.6 Å². The molecule has 1 aromatic carbocycles. The first-order valence-corrected chi connectivity index (χ1v) is 5.83. The van der Waals surface area contributed by atoms with Crippen molar-refractivity contribution in [1.82, 2.24) is 15.5 Å². The van der Waals surface area contributed by atoms with E-state index >= 15 is 0 Å². The molecule has 0 fully saturated rings. The minimum Gasteiger partial charge on any atom is -0.451 e. The summed E-state index contributed by atoms with van der Waals surface area (Å²) < 4.78 is 10.9. The van der Waals surface area contributed by atoms with Gasteiger partial charge in [0.1, 0.15) is 5.58 Å². The molecular weight excluding hydrogens is 230 g/mol. The normalized spacial score (nSPS) is 11.2. The highest BCUT2D eigenvalue weighted by Gasteiger charge is 2.13. The van der Waals surface area contributed by atoms with E-state index in [0.29, 0.717) is 17.5 Å². The molecule has 92 valence electrons. The molecule has 0 aliphatic heterocycles. The van der Waals surface area contributed by atoms with E-state index in [1.807, 2.05) is 37.4 Å². The van der Waals surface area contributed by atoms with Gasteiger partial charge in [0.25, 0.3) is 5.89 Å². The molecule has 2 aromatic heterocycles. The fourth-order valence-corrected chi connectivity index (χ4v) is 1.78. The minimum atomic E-state index is 0.428. The van der Waals surface area contributed by atoms with Gasteiger partial charge in [0.05, 0.1) is 0 Å². The van der Waals surface area contributed by atoms with Crippen molar-refractivity contribution in [3.05, 3.63) is 36.2 Å². The van der Waals surface area contributed by atoms with Crippen LogP contribution in [0.1, 0.15) is 5.82 Å². The lowest BCUT2D eigenvalue weighted by atomic mass is 10.2. The molecule has 0 radical (unpaired) electrons. The van der Waals surface area contributed by atoms with E-state index in [-0.39, 0.29) is 0 Å². The maximum absolute atomic E-state index is 5.66. The van der Waals surface area contributed by atoms with Crippen molar-refractivity contribution in [3.63, 3.8) is 0 Å². The fraction of sp³-hybridized carbons (Fsp3) is 0.231. The van der Waals surface area contributed by atoms with Gasteiger partial charge in [-0.15, -0.1) is 0 Å². The standard InChI is InChI=1S/C13H13N3O2/c1-14-7-6-12-15-13(18-16-12)11-8-9-4-2-3-5-10(9)17-11/h2-5,8,14H,6-7H2,1H3. The predicted octanol–water partition coefficient (Wildman–Crippen LogP) is 2.24. The Hall–Kier alpha value is -2.14. The van der Waals surface area contributed by atoms with Gasteiger partial charge in [-0.3, -0.25) is 0 Å². The number of nitrogens with zero attached hydrogens (tertiary/aromatic N) is 2. The maximum atomic E-state index is 5.66. The van der Waals surface area contributed by atoms with E-state index in [2.05, 4.69) is 15.5 Å². The van der Waals surface area contributed by atoms with Crippen LogP contribution in [0.3, 0.4) is 0 Å². The molecule has 0 atom stereocenters. The first-order valence-electron chi connectivity index (χ1n) is 5.83. The van der Waals surface area contributed by atoms with E-state index in [4.69, 9.17) is 8.94 Å². The quantitative estimate of drug-likeness (QED) is 0.761. The maximum Gasteiger partial charge on any atom is 0.293 e. The van der Waals surface area contributed by atoms with Crippen LogP contribution in [0, 0.1) is 0 Å². The smallest absolute Gasteiger partial charge is 0.293 e. The number of para-hydroxylation sites is 1. The van der Waals surface area contributed by atoms with Gasteiger partial charge in [-0.25, -0.2) is 0 Å². The molecule has 2 heterocycles. The number of furan rings is 1. The molecule has 0 unspecified atom stereocenters. The molecule has 0 saturated heterocycles. The number of aromatic nitrogens is 2. The van der Waals surface area contributed by atoms with Gasteiger partial charge in [0, 0.05) is 18.4 Å². The monoisotopic (exact) mass is 243 g/mol. The summed E-state index contributed by atoms with van der Waals surface area (Å²) in [6, 6.07) is 9.71. The van der Waals surface area contributed by atoms with Crippen LogP contribution in [-0.2, 0) is 6.42 Å². The number of nitrogens with one attached hydrogen (secondary N) is 1. The molecule has 5 nitrogen and oxygen atoms in total. The molecule has 0 amide bonds. The summed E-state index contributed by atoms with van der Waals surface area (Å²) in [5.41, 5.74) is 0.822. The second-order valence-corrected chi connectivity index (χ2v) is 4.02. The summed E-state index contributed by atoms with van der Waals surface area (Å²) in [6.45, 7) is 0.819. The summed E-state index contributed by atoms with van der Waals surface area (Å²) in [5, 5.41) is 7.99. The molecule has 0 bridgehead atoms. The highest BCUT2D eigenvalue weighted by molar-refractivity contribution is 5.81. The Kier molecular flexibility index (Phi) is 2.82. The molecule has 0 spiro atoms. The predicted molar refractivity (Wildman–Crippen MR) is 67.1 cm³/mol. The van der Waals surface area contributed by atoms with Crippen LogP contribution in [0.4, 0.5) is 0 Å². The van der Waals surface area contributed by atoms with Gasteiger partial charge in [-0.05, 0) is 19.2 Å². The van der Waals surface area contributed by atoms with Gasteiger partial charge in [0.2, 0.25) is 0 Å². The third-order valence-electron chi connectivity index (χ3n) is 2.70. The van der Waals surface area contributed by atoms with Gasteiger partial charge in [-0.1, -0.05) is 23.4 Å². The lowest BCUT2D eigenvalue weighted by molar-refractivity contribution is 0.411. The molecule has 18 heavy (non-hydrogen) atoms. The Bertz CT molecular complexity index is 624. The Balaban J connectivity index is 1.91. The molecule has 5 heteroatoms. The molecule has 0 aliphatic rings. The Labute approximate surface area is 104 Å². The first kappa shape index (κ1) is 11.0. The van der Waals surface area contributed by atoms with Crippen molar-refractivity contribution in [2.75, 3.05) is 13.6 Å². The number of hydrogen-bond acceptors (Lipinski definition) is 5. The van der Waals surface area contributed by atoms with Crippen molar-refractivity contribution in [1.29, 1.82) is 0 Å². The van der Waals surface area contributed by atoms with E-state index in [1.165, 1.54) is 0 Å². The molecule has 3 rings (SSSR count). The van der Waals surface area contributed by atoms with Crippen LogP contribution in [0.15, 0.2) is 39.3 Å². The van der Waals surface area contributed by atoms with E-state index in [1.54, 1.807) is 0 Å². The van der Waals surface area contributed by atoms with Crippen LogP contribution in [0.5, 0.6) is 0 Å². The summed E-state index contributed by atoms with van der Waals surface area (Å²) in [4.78, 5) is 4.30. The van der Waals surface area contributed by atoms with Gasteiger partial charge >= 0.3 is 0 Å². The van der Waals surface area contributed by atoms with Crippen molar-refractivity contribution >= 4 is 11.0 Å². The van der Waals surface area contributed by atoms with Gasteiger partial charge < -0.3 is 14.3 Å². The van der Waals surface area contributed by atoms with Crippen molar-refractivity contribution in [3.8, 4) is 11.7 Å². The Morgan fingerprint density at radius 1 is 1.28 bits per heavy atom. The van der Waals surface area contributed by atoms with Crippen LogP contribution < -0.4 is 5.32 Å². The average Bonchev–Trinajstić information content (AvgIpc) is 3.02. The van der Waals surface area contributed by atoms with E-state index in [0.717, 1.165) is 23.9 Å². The molecule has 1 N–H and O–H groups in total. The van der Waals surface area contributed by atoms with Crippen molar-refractivity contribution < 1.29 is 8.94 Å². The Morgan fingerprint density at radius 3 is 3.00 bits per heavy atom. The number of benzene rings is 1. The number of hydrogen-bond donors (Lipinski definition) is 1. The van der Waals surface area contributed by atoms with Crippen LogP contribution in [-0.4, -0.2) is 23.7 Å². The zero-order chi connectivity index (χ0) is 12.4.